The molecule has 0 bridgehead atoms. The van der Waals surface area contributed by atoms with Crippen molar-refractivity contribution in [1.29, 1.82) is 0 Å². The van der Waals surface area contributed by atoms with Crippen LogP contribution >= 0.6 is 0 Å². The Morgan fingerprint density at radius 1 is 1.45 bits per heavy atom. The number of ether oxygens (including phenoxy) is 2. The van der Waals surface area contributed by atoms with Crippen molar-refractivity contribution in [3.63, 3.8) is 0 Å². The van der Waals surface area contributed by atoms with Crippen LogP contribution in [0.4, 0.5) is 0 Å². The Morgan fingerprint density at radius 3 is 2.86 bits per heavy atom. The fraction of sp³-hybridized carbons (Fsp3) is 0.438. The zero-order chi connectivity index (χ0) is 16.1. The first-order chi connectivity index (χ1) is 10.6. The summed E-state index contributed by atoms with van der Waals surface area (Å²) in [5.74, 6) is 0.137. The standard InChI is InChI=1S/C16H21N3O3/c1-5-7-12-9-6-8-11(2)19(12)15(20)13-10-14(21-3)18-16(17-13)22-4/h5-6,8,10-12H,1,7,9H2,2-4H3/t11-,12-/m1/s1. The van der Waals surface area contributed by atoms with Gasteiger partial charge in [-0.1, -0.05) is 18.2 Å². The second kappa shape index (κ2) is 7.06. The van der Waals surface area contributed by atoms with Crippen LogP contribution < -0.4 is 9.47 Å². The first-order valence-corrected chi connectivity index (χ1v) is 7.18. The predicted molar refractivity (Wildman–Crippen MR) is 83.1 cm³/mol. The van der Waals surface area contributed by atoms with Crippen LogP contribution in [0.5, 0.6) is 11.9 Å². The van der Waals surface area contributed by atoms with Gasteiger partial charge in [-0.2, -0.15) is 9.97 Å². The van der Waals surface area contributed by atoms with E-state index in [0.717, 1.165) is 12.8 Å². The lowest BCUT2D eigenvalue weighted by molar-refractivity contribution is 0.0614. The fourth-order valence-corrected chi connectivity index (χ4v) is 2.57. The molecule has 0 saturated carbocycles. The van der Waals surface area contributed by atoms with Crippen molar-refractivity contribution in [2.75, 3.05) is 14.2 Å². The summed E-state index contributed by atoms with van der Waals surface area (Å²) in [4.78, 5) is 22.9. The molecule has 2 rings (SSSR count). The van der Waals surface area contributed by atoms with Gasteiger partial charge in [0, 0.05) is 18.2 Å². The molecule has 0 unspecified atom stereocenters. The van der Waals surface area contributed by atoms with Crippen molar-refractivity contribution in [3.05, 3.63) is 36.6 Å². The van der Waals surface area contributed by atoms with Crippen LogP contribution in [0.25, 0.3) is 0 Å². The molecular formula is C16H21N3O3. The Labute approximate surface area is 130 Å². The topological polar surface area (TPSA) is 64.6 Å². The van der Waals surface area contributed by atoms with E-state index >= 15 is 0 Å². The quantitative estimate of drug-likeness (QED) is 0.780. The van der Waals surface area contributed by atoms with Crippen LogP contribution in [0.3, 0.4) is 0 Å². The Kier molecular flexibility index (Phi) is 5.14. The number of hydrogen-bond acceptors (Lipinski definition) is 5. The Morgan fingerprint density at radius 2 is 2.23 bits per heavy atom. The minimum absolute atomic E-state index is 0.00171. The maximum Gasteiger partial charge on any atom is 0.320 e. The Hall–Kier alpha value is -2.37. The number of amides is 1. The lowest BCUT2D eigenvalue weighted by Crippen LogP contribution is -2.47. The van der Waals surface area contributed by atoms with Gasteiger partial charge in [0.1, 0.15) is 5.69 Å². The van der Waals surface area contributed by atoms with Crippen molar-refractivity contribution in [1.82, 2.24) is 14.9 Å². The van der Waals surface area contributed by atoms with Crippen LogP contribution in [0.15, 0.2) is 30.9 Å². The summed E-state index contributed by atoms with van der Waals surface area (Å²) < 4.78 is 10.1. The Bertz CT molecular complexity index is 564. The third-order valence-electron chi connectivity index (χ3n) is 3.62. The maximum atomic E-state index is 12.9. The van der Waals surface area contributed by atoms with Gasteiger partial charge in [-0.3, -0.25) is 4.79 Å². The zero-order valence-electron chi connectivity index (χ0n) is 13.2. The molecule has 1 aliphatic rings. The first-order valence-electron chi connectivity index (χ1n) is 7.18. The molecule has 0 fully saturated rings. The highest BCUT2D eigenvalue weighted by molar-refractivity contribution is 5.93. The van der Waals surface area contributed by atoms with Crippen LogP contribution in [0.1, 0.15) is 30.3 Å². The second-order valence-electron chi connectivity index (χ2n) is 5.08. The monoisotopic (exact) mass is 303 g/mol. The van der Waals surface area contributed by atoms with Gasteiger partial charge >= 0.3 is 6.01 Å². The molecule has 1 aliphatic heterocycles. The molecule has 6 nitrogen and oxygen atoms in total. The van der Waals surface area contributed by atoms with E-state index < -0.39 is 0 Å². The van der Waals surface area contributed by atoms with Gasteiger partial charge in [-0.05, 0) is 19.8 Å². The number of rotatable bonds is 5. The number of carbonyl (C=O) groups excluding carboxylic acids is 1. The summed E-state index contributed by atoms with van der Waals surface area (Å²) in [5, 5.41) is 0. The van der Waals surface area contributed by atoms with Gasteiger partial charge in [-0.15, -0.1) is 6.58 Å². The summed E-state index contributed by atoms with van der Waals surface area (Å²) >= 11 is 0. The van der Waals surface area contributed by atoms with Crippen LogP contribution in [0, 0.1) is 0 Å². The highest BCUT2D eigenvalue weighted by atomic mass is 16.5. The highest BCUT2D eigenvalue weighted by Crippen LogP contribution is 2.24. The van der Waals surface area contributed by atoms with E-state index in [0.29, 0.717) is 5.88 Å². The van der Waals surface area contributed by atoms with Crippen molar-refractivity contribution >= 4 is 5.91 Å². The molecular weight excluding hydrogens is 282 g/mol. The van der Waals surface area contributed by atoms with Crippen LogP contribution in [-0.4, -0.2) is 47.1 Å². The SMILES string of the molecule is C=CC[C@@H]1CC=C[C@@H](C)N1C(=O)c1cc(OC)nc(OC)n1. The van der Waals surface area contributed by atoms with Gasteiger partial charge in [0.15, 0.2) is 0 Å². The van der Waals surface area contributed by atoms with Crippen molar-refractivity contribution in [3.8, 4) is 11.9 Å². The smallest absolute Gasteiger partial charge is 0.320 e. The number of methoxy groups -OCH3 is 2. The molecule has 0 radical (unpaired) electrons. The lowest BCUT2D eigenvalue weighted by Gasteiger charge is -2.37. The summed E-state index contributed by atoms with van der Waals surface area (Å²) in [6, 6.07) is 1.72. The molecule has 2 atom stereocenters. The number of hydrogen-bond donors (Lipinski definition) is 0. The molecule has 1 amide bonds. The maximum absolute atomic E-state index is 12.9. The average molecular weight is 303 g/mol. The van der Waals surface area contributed by atoms with Crippen molar-refractivity contribution in [2.24, 2.45) is 0 Å². The normalized spacial score (nSPS) is 20.6. The molecule has 22 heavy (non-hydrogen) atoms. The summed E-state index contributed by atoms with van der Waals surface area (Å²) in [6.45, 7) is 5.76. The molecule has 0 aliphatic carbocycles. The molecule has 1 aromatic rings. The number of nitrogens with zero attached hydrogens (tertiary/aromatic N) is 3. The number of aromatic nitrogens is 2. The van der Waals surface area contributed by atoms with E-state index in [1.54, 1.807) is 0 Å². The largest absolute Gasteiger partial charge is 0.481 e. The predicted octanol–water partition coefficient (Wildman–Crippen LogP) is 2.23. The van der Waals surface area contributed by atoms with Crippen LogP contribution in [0.2, 0.25) is 0 Å². The van der Waals surface area contributed by atoms with Gasteiger partial charge in [0.25, 0.3) is 5.91 Å². The molecule has 118 valence electrons. The fourth-order valence-electron chi connectivity index (χ4n) is 2.57. The van der Waals surface area contributed by atoms with E-state index in [-0.39, 0.29) is 29.7 Å². The molecule has 0 aromatic carbocycles. The van der Waals surface area contributed by atoms with E-state index in [1.165, 1.54) is 20.3 Å². The first kappa shape index (κ1) is 16.0. The second-order valence-corrected chi connectivity index (χ2v) is 5.08. The van der Waals surface area contributed by atoms with E-state index in [4.69, 9.17) is 9.47 Å². The van der Waals surface area contributed by atoms with Gasteiger partial charge in [0.05, 0.1) is 14.2 Å². The van der Waals surface area contributed by atoms with Gasteiger partial charge in [0.2, 0.25) is 5.88 Å². The van der Waals surface area contributed by atoms with Crippen molar-refractivity contribution in [2.45, 2.75) is 31.8 Å². The highest BCUT2D eigenvalue weighted by Gasteiger charge is 2.30. The Balaban J connectivity index is 2.36. The molecule has 6 heteroatoms. The minimum Gasteiger partial charge on any atom is -0.481 e. The van der Waals surface area contributed by atoms with E-state index in [9.17, 15) is 4.79 Å². The van der Waals surface area contributed by atoms with Crippen molar-refractivity contribution < 1.29 is 14.3 Å². The summed E-state index contributed by atoms with van der Waals surface area (Å²) in [6.07, 6.45) is 7.50. The lowest BCUT2D eigenvalue weighted by atomic mass is 9.99. The number of carbonyl (C=O) groups is 1. The van der Waals surface area contributed by atoms with E-state index in [1.807, 2.05) is 24.0 Å². The molecule has 2 heterocycles. The molecule has 0 spiro atoms. The summed E-state index contributed by atoms with van der Waals surface area (Å²) in [5.41, 5.74) is 0.264. The zero-order valence-corrected chi connectivity index (χ0v) is 13.2. The summed E-state index contributed by atoms with van der Waals surface area (Å²) in [7, 11) is 2.94. The third-order valence-corrected chi connectivity index (χ3v) is 3.62. The molecule has 0 saturated heterocycles. The van der Waals surface area contributed by atoms with Gasteiger partial charge < -0.3 is 14.4 Å². The molecule has 0 N–H and O–H groups in total. The van der Waals surface area contributed by atoms with E-state index in [2.05, 4.69) is 22.6 Å². The molecule has 1 aromatic heterocycles. The van der Waals surface area contributed by atoms with Gasteiger partial charge in [-0.25, -0.2) is 0 Å². The van der Waals surface area contributed by atoms with Crippen LogP contribution in [-0.2, 0) is 0 Å². The minimum atomic E-state index is -0.164. The average Bonchev–Trinajstić information content (AvgIpc) is 2.54. The third kappa shape index (κ3) is 3.27.